The van der Waals surface area contributed by atoms with Crippen LogP contribution < -0.4 is 0 Å². The minimum atomic E-state index is 0.0946. The minimum Gasteiger partial charge on any atom is -0.351 e. The van der Waals surface area contributed by atoms with E-state index < -0.39 is 0 Å². The molecule has 0 spiro atoms. The van der Waals surface area contributed by atoms with E-state index in [1.54, 1.807) is 0 Å². The maximum absolute atomic E-state index is 12.8. The molecule has 3 nitrogen and oxygen atoms in total. The Morgan fingerprint density at radius 2 is 1.87 bits per heavy atom. The molecule has 1 N–H and O–H groups in total. The molecular formula is C20H20N2O. The summed E-state index contributed by atoms with van der Waals surface area (Å²) in [6, 6.07) is 14.4. The van der Waals surface area contributed by atoms with Gasteiger partial charge in [0.2, 0.25) is 0 Å². The van der Waals surface area contributed by atoms with Crippen molar-refractivity contribution < 1.29 is 4.79 Å². The van der Waals surface area contributed by atoms with Crippen LogP contribution in [0.2, 0.25) is 0 Å². The predicted molar refractivity (Wildman–Crippen MR) is 94.7 cm³/mol. The number of nitrogens with one attached hydrogen (secondary N) is 1. The third-order valence-corrected chi connectivity index (χ3v) is 4.96. The second-order valence-corrected chi connectivity index (χ2v) is 6.47. The van der Waals surface area contributed by atoms with Gasteiger partial charge in [0.05, 0.1) is 0 Å². The largest absolute Gasteiger partial charge is 0.351 e. The van der Waals surface area contributed by atoms with E-state index in [1.807, 2.05) is 23.1 Å². The van der Waals surface area contributed by atoms with E-state index in [1.165, 1.54) is 21.9 Å². The van der Waals surface area contributed by atoms with Crippen molar-refractivity contribution >= 4 is 27.6 Å². The number of hydrogen-bond acceptors (Lipinski definition) is 1. The van der Waals surface area contributed by atoms with Gasteiger partial charge in [-0.1, -0.05) is 41.5 Å². The number of benzene rings is 2. The first-order valence-electron chi connectivity index (χ1n) is 8.08. The number of aromatic amines is 1. The van der Waals surface area contributed by atoms with E-state index in [0.717, 1.165) is 30.4 Å². The molecule has 2 aromatic carbocycles. The molecule has 0 saturated carbocycles. The molecule has 0 aliphatic carbocycles. The van der Waals surface area contributed by atoms with Crippen LogP contribution in [-0.4, -0.2) is 28.9 Å². The summed E-state index contributed by atoms with van der Waals surface area (Å²) in [5, 5.41) is 3.50. The number of aromatic nitrogens is 1. The van der Waals surface area contributed by atoms with Crippen LogP contribution in [-0.2, 0) is 0 Å². The molecule has 23 heavy (non-hydrogen) atoms. The number of carbonyl (C=O) groups is 1. The number of nitrogens with zero attached hydrogens (tertiary/aromatic N) is 1. The molecular weight excluding hydrogens is 284 g/mol. The van der Waals surface area contributed by atoms with Crippen molar-refractivity contribution in [1.82, 2.24) is 9.88 Å². The summed E-state index contributed by atoms with van der Waals surface area (Å²) in [5.41, 5.74) is 4.43. The van der Waals surface area contributed by atoms with Crippen molar-refractivity contribution in [2.45, 2.75) is 20.3 Å². The first-order valence-corrected chi connectivity index (χ1v) is 8.08. The van der Waals surface area contributed by atoms with Gasteiger partial charge in [-0.05, 0) is 43.2 Å². The van der Waals surface area contributed by atoms with E-state index in [-0.39, 0.29) is 5.91 Å². The van der Waals surface area contributed by atoms with Crippen LogP contribution in [0.3, 0.4) is 0 Å². The van der Waals surface area contributed by atoms with Gasteiger partial charge in [0.1, 0.15) is 5.69 Å². The van der Waals surface area contributed by atoms with Crippen LogP contribution in [0, 0.1) is 0 Å². The predicted octanol–water partition coefficient (Wildman–Crippen LogP) is 4.50. The molecule has 1 aromatic heterocycles. The fourth-order valence-corrected chi connectivity index (χ4v) is 3.36. The molecule has 0 bridgehead atoms. The molecule has 0 fully saturated rings. The van der Waals surface area contributed by atoms with E-state index in [4.69, 9.17) is 0 Å². The van der Waals surface area contributed by atoms with E-state index >= 15 is 0 Å². The van der Waals surface area contributed by atoms with Crippen LogP contribution >= 0.6 is 0 Å². The number of H-pyrrole nitrogens is 1. The summed E-state index contributed by atoms with van der Waals surface area (Å²) in [7, 11) is 0. The molecule has 3 heteroatoms. The Morgan fingerprint density at radius 3 is 2.70 bits per heavy atom. The van der Waals surface area contributed by atoms with Gasteiger partial charge in [-0.3, -0.25) is 4.79 Å². The molecule has 3 aromatic rings. The van der Waals surface area contributed by atoms with Gasteiger partial charge >= 0.3 is 0 Å². The van der Waals surface area contributed by atoms with Gasteiger partial charge in [0, 0.05) is 24.0 Å². The highest BCUT2D eigenvalue weighted by molar-refractivity contribution is 6.09. The molecule has 2 heterocycles. The molecule has 116 valence electrons. The lowest BCUT2D eigenvalue weighted by molar-refractivity contribution is 0.0759. The van der Waals surface area contributed by atoms with Gasteiger partial charge in [0.25, 0.3) is 5.91 Å². The third kappa shape index (κ3) is 2.33. The zero-order chi connectivity index (χ0) is 16.0. The Balaban J connectivity index is 1.75. The van der Waals surface area contributed by atoms with Gasteiger partial charge in [0.15, 0.2) is 0 Å². The lowest BCUT2D eigenvalue weighted by atomic mass is 10.0. The normalized spacial score (nSPS) is 15.7. The van der Waals surface area contributed by atoms with Crippen molar-refractivity contribution in [3.05, 3.63) is 59.3 Å². The quantitative estimate of drug-likeness (QED) is 0.660. The highest BCUT2D eigenvalue weighted by Gasteiger charge is 2.22. The van der Waals surface area contributed by atoms with Crippen LogP contribution in [0.25, 0.3) is 21.7 Å². The molecule has 1 aliphatic heterocycles. The van der Waals surface area contributed by atoms with Crippen molar-refractivity contribution in [1.29, 1.82) is 0 Å². The molecule has 0 radical (unpaired) electrons. The standard InChI is InChI=1S/C20H20N2O/c1-13-9-10-22(12-14(13)2)20(23)19-11-17-16-6-4-3-5-15(16)7-8-18(17)21-19/h3-8,11,21H,9-10,12H2,1-2H3. The molecule has 4 rings (SSSR count). The summed E-state index contributed by atoms with van der Waals surface area (Å²) >= 11 is 0. The first kappa shape index (κ1) is 14.1. The number of fused-ring (bicyclic) bond motifs is 3. The number of rotatable bonds is 1. The SMILES string of the molecule is CC1=C(C)CN(C(=O)c2cc3c(ccc4ccccc43)[nH]2)CC1. The molecule has 0 unspecified atom stereocenters. The fraction of sp³-hybridized carbons (Fsp3) is 0.250. The maximum Gasteiger partial charge on any atom is 0.270 e. The van der Waals surface area contributed by atoms with E-state index in [9.17, 15) is 4.79 Å². The summed E-state index contributed by atoms with van der Waals surface area (Å²) in [4.78, 5) is 18.1. The number of carbonyl (C=O) groups excluding carboxylic acids is 1. The van der Waals surface area contributed by atoms with Crippen LogP contribution in [0.15, 0.2) is 53.6 Å². The average molecular weight is 304 g/mol. The van der Waals surface area contributed by atoms with Gasteiger partial charge in [-0.25, -0.2) is 0 Å². The first-order chi connectivity index (χ1) is 11.1. The van der Waals surface area contributed by atoms with Crippen molar-refractivity contribution in [3.8, 4) is 0 Å². The minimum absolute atomic E-state index is 0.0946. The van der Waals surface area contributed by atoms with Crippen molar-refractivity contribution in [2.24, 2.45) is 0 Å². The summed E-state index contributed by atoms with van der Waals surface area (Å²) in [6.07, 6.45) is 0.973. The molecule has 1 amide bonds. The van der Waals surface area contributed by atoms with E-state index in [2.05, 4.69) is 43.1 Å². The van der Waals surface area contributed by atoms with Gasteiger partial charge in [-0.15, -0.1) is 0 Å². The number of hydrogen-bond donors (Lipinski definition) is 1. The number of amides is 1. The zero-order valence-corrected chi connectivity index (χ0v) is 13.5. The Hall–Kier alpha value is -2.55. The molecule has 0 saturated heterocycles. The monoisotopic (exact) mass is 304 g/mol. The molecule has 1 aliphatic rings. The Kier molecular flexibility index (Phi) is 3.22. The second kappa shape index (κ2) is 5.27. The lowest BCUT2D eigenvalue weighted by Crippen LogP contribution is -2.36. The fourth-order valence-electron chi connectivity index (χ4n) is 3.36. The third-order valence-electron chi connectivity index (χ3n) is 4.96. The van der Waals surface area contributed by atoms with Crippen LogP contribution in [0.1, 0.15) is 30.8 Å². The van der Waals surface area contributed by atoms with Crippen LogP contribution in [0.5, 0.6) is 0 Å². The Labute approximate surface area is 135 Å². The van der Waals surface area contributed by atoms with Crippen LogP contribution in [0.4, 0.5) is 0 Å². The smallest absolute Gasteiger partial charge is 0.270 e. The van der Waals surface area contributed by atoms with Crippen molar-refractivity contribution in [2.75, 3.05) is 13.1 Å². The van der Waals surface area contributed by atoms with Crippen molar-refractivity contribution in [3.63, 3.8) is 0 Å². The highest BCUT2D eigenvalue weighted by atomic mass is 16.2. The summed E-state index contributed by atoms with van der Waals surface area (Å²) in [5.74, 6) is 0.0946. The Morgan fingerprint density at radius 1 is 1.04 bits per heavy atom. The van der Waals surface area contributed by atoms with Gasteiger partial charge in [-0.2, -0.15) is 0 Å². The second-order valence-electron chi connectivity index (χ2n) is 6.47. The van der Waals surface area contributed by atoms with Gasteiger partial charge < -0.3 is 9.88 Å². The summed E-state index contributed by atoms with van der Waals surface area (Å²) < 4.78 is 0. The Bertz CT molecular complexity index is 949. The highest BCUT2D eigenvalue weighted by Crippen LogP contribution is 2.27. The molecule has 0 atom stereocenters. The lowest BCUT2D eigenvalue weighted by Gasteiger charge is -2.28. The zero-order valence-electron chi connectivity index (χ0n) is 13.5. The average Bonchev–Trinajstić information content (AvgIpc) is 3.01. The topological polar surface area (TPSA) is 36.1 Å². The maximum atomic E-state index is 12.8. The van der Waals surface area contributed by atoms with E-state index in [0.29, 0.717) is 5.69 Å². The summed E-state index contributed by atoms with van der Waals surface area (Å²) in [6.45, 7) is 5.82.